The molecule has 1 saturated heterocycles. The number of hydrogen-bond donors (Lipinski definition) is 1. The van der Waals surface area contributed by atoms with Crippen molar-refractivity contribution in [2.75, 3.05) is 26.2 Å². The first-order valence-electron chi connectivity index (χ1n) is 8.31. The van der Waals surface area contributed by atoms with Gasteiger partial charge >= 0.3 is 0 Å². The molecule has 0 spiro atoms. The van der Waals surface area contributed by atoms with Gasteiger partial charge in [-0.15, -0.1) is 12.4 Å². The molecule has 0 aliphatic carbocycles. The normalized spacial score (nSPS) is 19.4. The second-order valence-electron chi connectivity index (χ2n) is 5.89. The molecule has 1 aromatic carbocycles. The van der Waals surface area contributed by atoms with Crippen molar-refractivity contribution in [3.63, 3.8) is 0 Å². The lowest BCUT2D eigenvalue weighted by Crippen LogP contribution is -2.45. The van der Waals surface area contributed by atoms with Crippen LogP contribution >= 0.6 is 12.4 Å². The Morgan fingerprint density at radius 1 is 1.48 bits per heavy atom. The fourth-order valence-electron chi connectivity index (χ4n) is 2.97. The molecule has 8 heteroatoms. The maximum absolute atomic E-state index is 13.5. The Morgan fingerprint density at radius 2 is 2.32 bits per heavy atom. The summed E-state index contributed by atoms with van der Waals surface area (Å²) in [5, 5.41) is 7.36. The molecule has 2 atom stereocenters. The van der Waals surface area contributed by atoms with Crippen LogP contribution in [-0.4, -0.2) is 41.3 Å². The zero-order chi connectivity index (χ0) is 16.9. The molecule has 0 bridgehead atoms. The van der Waals surface area contributed by atoms with Crippen LogP contribution < -0.4 is 5.32 Å². The maximum atomic E-state index is 13.5. The number of ether oxygens (including phenoxy) is 1. The lowest BCUT2D eigenvalue weighted by Gasteiger charge is -2.35. The van der Waals surface area contributed by atoms with Crippen LogP contribution in [0.4, 0.5) is 4.39 Å². The molecule has 6 nitrogen and oxygen atoms in total. The quantitative estimate of drug-likeness (QED) is 0.843. The van der Waals surface area contributed by atoms with Crippen molar-refractivity contribution >= 4 is 12.4 Å². The molecule has 2 unspecified atom stereocenters. The molecular weight excluding hydrogens is 347 g/mol. The number of hydrogen-bond acceptors (Lipinski definition) is 6. The van der Waals surface area contributed by atoms with Gasteiger partial charge in [-0.2, -0.15) is 4.98 Å². The van der Waals surface area contributed by atoms with E-state index in [0.29, 0.717) is 24.9 Å². The zero-order valence-electron chi connectivity index (χ0n) is 14.4. The first-order chi connectivity index (χ1) is 11.7. The minimum absolute atomic E-state index is 0. The van der Waals surface area contributed by atoms with E-state index in [1.807, 2.05) is 19.9 Å². The predicted octanol–water partition coefficient (Wildman–Crippen LogP) is 2.87. The maximum Gasteiger partial charge on any atom is 0.240 e. The van der Waals surface area contributed by atoms with Gasteiger partial charge < -0.3 is 14.6 Å². The van der Waals surface area contributed by atoms with Crippen molar-refractivity contribution in [3.8, 4) is 0 Å². The van der Waals surface area contributed by atoms with E-state index >= 15 is 0 Å². The fourth-order valence-corrected chi connectivity index (χ4v) is 2.97. The monoisotopic (exact) mass is 370 g/mol. The van der Waals surface area contributed by atoms with Crippen LogP contribution in [0.2, 0.25) is 0 Å². The average Bonchev–Trinajstić information content (AvgIpc) is 3.04. The van der Waals surface area contributed by atoms with Crippen molar-refractivity contribution in [1.29, 1.82) is 0 Å². The van der Waals surface area contributed by atoms with E-state index < -0.39 is 0 Å². The second kappa shape index (κ2) is 9.24. The summed E-state index contributed by atoms with van der Waals surface area (Å²) in [7, 11) is 0. The number of nitrogens with zero attached hydrogens (tertiary/aromatic N) is 3. The van der Waals surface area contributed by atoms with Gasteiger partial charge in [-0.25, -0.2) is 4.39 Å². The third-order valence-corrected chi connectivity index (χ3v) is 4.19. The minimum atomic E-state index is -0.219. The molecule has 2 heterocycles. The van der Waals surface area contributed by atoms with Crippen LogP contribution in [0.15, 0.2) is 28.8 Å². The molecular formula is C17H24ClFN4O2. The van der Waals surface area contributed by atoms with E-state index in [9.17, 15) is 4.39 Å². The van der Waals surface area contributed by atoms with Crippen LogP contribution in [0.25, 0.3) is 0 Å². The third-order valence-electron chi connectivity index (χ3n) is 4.19. The van der Waals surface area contributed by atoms with E-state index in [0.717, 1.165) is 25.2 Å². The molecule has 1 aliphatic heterocycles. The van der Waals surface area contributed by atoms with Crippen LogP contribution in [0.5, 0.6) is 0 Å². The van der Waals surface area contributed by atoms with E-state index in [1.54, 1.807) is 12.1 Å². The summed E-state index contributed by atoms with van der Waals surface area (Å²) in [6.07, 6.45) is -0.186. The van der Waals surface area contributed by atoms with Gasteiger partial charge in [0.25, 0.3) is 0 Å². The Hall–Kier alpha value is -1.54. The zero-order valence-corrected chi connectivity index (χ0v) is 15.3. The highest BCUT2D eigenvalue weighted by Gasteiger charge is 2.26. The van der Waals surface area contributed by atoms with Crippen LogP contribution in [0.1, 0.15) is 43.3 Å². The molecule has 0 radical (unpaired) electrons. The molecule has 1 aliphatic rings. The number of nitrogens with one attached hydrogen (secondary N) is 1. The molecule has 0 amide bonds. The average molecular weight is 371 g/mol. The van der Waals surface area contributed by atoms with Gasteiger partial charge in [-0.05, 0) is 31.5 Å². The van der Waals surface area contributed by atoms with Crippen molar-refractivity contribution in [1.82, 2.24) is 20.4 Å². The summed E-state index contributed by atoms with van der Waals surface area (Å²) in [4.78, 5) is 6.66. The highest BCUT2D eigenvalue weighted by Crippen LogP contribution is 2.25. The Balaban J connectivity index is 0.00000225. The summed E-state index contributed by atoms with van der Waals surface area (Å²) < 4.78 is 24.4. The predicted molar refractivity (Wildman–Crippen MR) is 94.0 cm³/mol. The largest absolute Gasteiger partial charge is 0.371 e. The van der Waals surface area contributed by atoms with E-state index in [-0.39, 0.29) is 30.4 Å². The molecule has 3 rings (SSSR count). The summed E-state index contributed by atoms with van der Waals surface area (Å²) in [6, 6.07) is 6.81. The van der Waals surface area contributed by atoms with Crippen molar-refractivity contribution < 1.29 is 13.7 Å². The van der Waals surface area contributed by atoms with Crippen LogP contribution in [0, 0.1) is 5.82 Å². The third kappa shape index (κ3) is 4.98. The van der Waals surface area contributed by atoms with Gasteiger partial charge in [0, 0.05) is 32.3 Å². The molecule has 0 saturated carbocycles. The van der Waals surface area contributed by atoms with Gasteiger partial charge in [0.2, 0.25) is 5.89 Å². The SMILES string of the molecule is CCOC(C)c1noc(CN2CCNCC2c2cccc(F)c2)n1.Cl. The van der Waals surface area contributed by atoms with Gasteiger partial charge in [0.15, 0.2) is 5.82 Å². The number of rotatable bonds is 6. The van der Waals surface area contributed by atoms with Gasteiger partial charge in [-0.3, -0.25) is 4.90 Å². The van der Waals surface area contributed by atoms with Gasteiger partial charge in [0.05, 0.1) is 6.54 Å². The first kappa shape index (κ1) is 19.8. The Morgan fingerprint density at radius 3 is 3.08 bits per heavy atom. The number of benzene rings is 1. The second-order valence-corrected chi connectivity index (χ2v) is 5.89. The Kier molecular flexibility index (Phi) is 7.31. The number of halogens is 2. The fraction of sp³-hybridized carbons (Fsp3) is 0.529. The summed E-state index contributed by atoms with van der Waals surface area (Å²) >= 11 is 0. The standard InChI is InChI=1S/C17H23FN4O2.ClH/c1-3-23-12(2)17-20-16(24-21-17)11-22-8-7-19-10-15(22)13-5-4-6-14(18)9-13;/h4-6,9,12,15,19H,3,7-8,10-11H2,1-2H3;1H. The Bertz CT molecular complexity index is 670. The van der Waals surface area contributed by atoms with Crippen molar-refractivity contribution in [3.05, 3.63) is 47.4 Å². The van der Waals surface area contributed by atoms with E-state index in [1.165, 1.54) is 6.07 Å². The molecule has 2 aromatic rings. The van der Waals surface area contributed by atoms with Crippen LogP contribution in [-0.2, 0) is 11.3 Å². The topological polar surface area (TPSA) is 63.4 Å². The van der Waals surface area contributed by atoms with E-state index in [2.05, 4.69) is 20.4 Å². The smallest absolute Gasteiger partial charge is 0.240 e. The highest BCUT2D eigenvalue weighted by molar-refractivity contribution is 5.85. The lowest BCUT2D eigenvalue weighted by atomic mass is 10.0. The molecule has 138 valence electrons. The molecule has 25 heavy (non-hydrogen) atoms. The minimum Gasteiger partial charge on any atom is -0.371 e. The molecule has 1 aromatic heterocycles. The summed E-state index contributed by atoms with van der Waals surface area (Å²) in [5.41, 5.74) is 0.949. The van der Waals surface area contributed by atoms with Crippen molar-refractivity contribution in [2.45, 2.75) is 32.5 Å². The first-order valence-corrected chi connectivity index (χ1v) is 8.31. The Labute approximate surface area is 153 Å². The highest BCUT2D eigenvalue weighted by atomic mass is 35.5. The van der Waals surface area contributed by atoms with Gasteiger partial charge in [0.1, 0.15) is 11.9 Å². The number of aromatic nitrogens is 2. The molecule has 1 fully saturated rings. The summed E-state index contributed by atoms with van der Waals surface area (Å²) in [6.45, 7) is 7.45. The summed E-state index contributed by atoms with van der Waals surface area (Å²) in [5.74, 6) is 0.896. The van der Waals surface area contributed by atoms with E-state index in [4.69, 9.17) is 9.26 Å². The molecule has 1 N–H and O–H groups in total. The number of piperazine rings is 1. The van der Waals surface area contributed by atoms with Crippen LogP contribution in [0.3, 0.4) is 0 Å². The lowest BCUT2D eigenvalue weighted by molar-refractivity contribution is 0.0683. The van der Waals surface area contributed by atoms with Gasteiger partial charge in [-0.1, -0.05) is 17.3 Å². The van der Waals surface area contributed by atoms with Crippen molar-refractivity contribution in [2.24, 2.45) is 0 Å².